The van der Waals surface area contributed by atoms with Crippen molar-refractivity contribution in [1.29, 1.82) is 0 Å². The van der Waals surface area contributed by atoms with Crippen molar-refractivity contribution in [3.05, 3.63) is 194 Å². The van der Waals surface area contributed by atoms with E-state index in [4.69, 9.17) is 0 Å². The van der Waals surface area contributed by atoms with Crippen LogP contribution in [0.2, 0.25) is 0 Å². The highest BCUT2D eigenvalue weighted by molar-refractivity contribution is 7.28. The lowest BCUT2D eigenvalue weighted by atomic mass is 9.84. The van der Waals surface area contributed by atoms with Gasteiger partial charge in [0.05, 0.1) is 0 Å². The SMILES string of the molecule is c1ccc2c(-c3c4ccccc4c(-c4ccc5cc(-c6ccc7c(ccc8c9cc%10c(cc9sc78)sc7ccccc7%10)c6)ccc5c4)c4ccccc34)cccc2c1. The lowest BCUT2D eigenvalue weighted by molar-refractivity contribution is 1.67. The van der Waals surface area contributed by atoms with Gasteiger partial charge in [-0.2, -0.15) is 0 Å². The summed E-state index contributed by atoms with van der Waals surface area (Å²) < 4.78 is 5.46. The highest BCUT2D eigenvalue weighted by atomic mass is 32.1. The van der Waals surface area contributed by atoms with Crippen LogP contribution in [-0.2, 0) is 0 Å². The molecule has 58 heavy (non-hydrogen) atoms. The first-order valence-corrected chi connectivity index (χ1v) is 21.5. The average molecular weight is 769 g/mol. The monoisotopic (exact) mass is 768 g/mol. The molecule has 2 heteroatoms. The number of hydrogen-bond acceptors (Lipinski definition) is 2. The topological polar surface area (TPSA) is 0 Å². The van der Waals surface area contributed by atoms with E-state index in [1.165, 1.54) is 128 Å². The van der Waals surface area contributed by atoms with Crippen LogP contribution in [0, 0.1) is 0 Å². The van der Waals surface area contributed by atoms with Crippen molar-refractivity contribution in [2.24, 2.45) is 0 Å². The first kappa shape index (κ1) is 32.3. The van der Waals surface area contributed by atoms with E-state index < -0.39 is 0 Å². The maximum atomic E-state index is 2.43. The first-order chi connectivity index (χ1) is 28.7. The lowest BCUT2D eigenvalue weighted by Crippen LogP contribution is -1.91. The molecule has 0 N–H and O–H groups in total. The molecule has 2 aromatic heterocycles. The number of rotatable bonds is 3. The van der Waals surface area contributed by atoms with Crippen molar-refractivity contribution in [3.8, 4) is 33.4 Å². The molecule has 0 radical (unpaired) electrons. The quantitative estimate of drug-likeness (QED) is 0.157. The van der Waals surface area contributed by atoms with Gasteiger partial charge in [-0.05, 0) is 124 Å². The Bertz CT molecular complexity index is 3800. The fraction of sp³-hybridized carbons (Fsp3) is 0. The van der Waals surface area contributed by atoms with Gasteiger partial charge in [0, 0.05) is 40.3 Å². The molecule has 13 aromatic rings. The van der Waals surface area contributed by atoms with Gasteiger partial charge >= 0.3 is 0 Å². The molecule has 0 amide bonds. The highest BCUT2D eigenvalue weighted by Gasteiger charge is 2.19. The van der Waals surface area contributed by atoms with Crippen LogP contribution in [0.1, 0.15) is 0 Å². The summed E-state index contributed by atoms with van der Waals surface area (Å²) in [6.07, 6.45) is 0. The van der Waals surface area contributed by atoms with E-state index >= 15 is 0 Å². The van der Waals surface area contributed by atoms with Crippen LogP contribution in [-0.4, -0.2) is 0 Å². The average Bonchev–Trinajstić information content (AvgIpc) is 3.84. The van der Waals surface area contributed by atoms with Crippen LogP contribution in [0.15, 0.2) is 194 Å². The van der Waals surface area contributed by atoms with Gasteiger partial charge < -0.3 is 0 Å². The number of thiophene rings is 2. The Kier molecular flexibility index (Phi) is 6.86. The van der Waals surface area contributed by atoms with Gasteiger partial charge in [0.15, 0.2) is 0 Å². The standard InChI is InChI=1S/C56H32S2/c1-2-12-40-33(10-1)11-9-18-43(40)55-46-16-5-3-14-44(46)54(45-15-4-6-17-47(45)55)39-23-22-35-28-34(20-21-36(35)30-39)37-24-26-41-38(29-37)25-27-48-50-31-49-42-13-7-8-19-51(42)57-52(49)32-53(50)58-56(41)48/h1-32H. The molecule has 0 aliphatic heterocycles. The second-order valence-corrected chi connectivity index (χ2v) is 17.7. The molecule has 0 aliphatic carbocycles. The number of hydrogen-bond donors (Lipinski definition) is 0. The van der Waals surface area contributed by atoms with Crippen molar-refractivity contribution in [2.45, 2.75) is 0 Å². The van der Waals surface area contributed by atoms with Gasteiger partial charge in [-0.1, -0.05) is 158 Å². The van der Waals surface area contributed by atoms with Gasteiger partial charge in [-0.3, -0.25) is 0 Å². The van der Waals surface area contributed by atoms with Crippen LogP contribution in [0.3, 0.4) is 0 Å². The van der Waals surface area contributed by atoms with Crippen molar-refractivity contribution < 1.29 is 0 Å². The third kappa shape index (κ3) is 4.74. The molecule has 0 saturated heterocycles. The molecule has 0 fully saturated rings. The van der Waals surface area contributed by atoms with Crippen LogP contribution in [0.25, 0.3) is 128 Å². The zero-order valence-corrected chi connectivity index (χ0v) is 32.9. The summed E-state index contributed by atoms with van der Waals surface area (Å²) in [6, 6.07) is 72.6. The predicted molar refractivity (Wildman–Crippen MR) is 256 cm³/mol. The molecule has 2 heterocycles. The number of fused-ring (bicyclic) bond motifs is 12. The van der Waals surface area contributed by atoms with Crippen molar-refractivity contribution in [1.82, 2.24) is 0 Å². The van der Waals surface area contributed by atoms with E-state index in [-0.39, 0.29) is 0 Å². The molecule has 13 rings (SSSR count). The minimum Gasteiger partial charge on any atom is -0.135 e. The van der Waals surface area contributed by atoms with Crippen molar-refractivity contribution >= 4 is 117 Å². The van der Waals surface area contributed by atoms with Crippen LogP contribution >= 0.6 is 22.7 Å². The normalized spacial score (nSPS) is 12.1. The molecular weight excluding hydrogens is 737 g/mol. The van der Waals surface area contributed by atoms with Gasteiger partial charge in [0.2, 0.25) is 0 Å². The van der Waals surface area contributed by atoms with Gasteiger partial charge in [0.1, 0.15) is 0 Å². The zero-order chi connectivity index (χ0) is 37.9. The smallest absolute Gasteiger partial charge is 0.0433 e. The molecule has 0 spiro atoms. The van der Waals surface area contributed by atoms with E-state index in [9.17, 15) is 0 Å². The molecular formula is C56H32S2. The Labute approximate surface area is 342 Å². The fourth-order valence-corrected chi connectivity index (χ4v) is 12.2. The Balaban J connectivity index is 0.916. The van der Waals surface area contributed by atoms with Crippen molar-refractivity contribution in [2.75, 3.05) is 0 Å². The maximum Gasteiger partial charge on any atom is 0.0433 e. The molecule has 0 nitrogen and oxygen atoms in total. The Hall–Kier alpha value is -6.84. The Morgan fingerprint density at radius 3 is 1.55 bits per heavy atom. The van der Waals surface area contributed by atoms with Crippen LogP contribution in [0.5, 0.6) is 0 Å². The van der Waals surface area contributed by atoms with Gasteiger partial charge in [0.25, 0.3) is 0 Å². The molecule has 11 aromatic carbocycles. The van der Waals surface area contributed by atoms with Crippen LogP contribution in [0.4, 0.5) is 0 Å². The summed E-state index contributed by atoms with van der Waals surface area (Å²) in [5.41, 5.74) is 7.58. The van der Waals surface area contributed by atoms with E-state index in [0.717, 1.165) is 0 Å². The largest absolute Gasteiger partial charge is 0.135 e. The maximum absolute atomic E-state index is 2.43. The fourth-order valence-electron chi connectivity index (χ4n) is 9.71. The minimum absolute atomic E-state index is 1.24. The van der Waals surface area contributed by atoms with Crippen LogP contribution < -0.4 is 0 Å². The highest BCUT2D eigenvalue weighted by Crippen LogP contribution is 2.47. The molecule has 0 atom stereocenters. The molecule has 0 bridgehead atoms. The molecule has 268 valence electrons. The summed E-state index contributed by atoms with van der Waals surface area (Å²) in [7, 11) is 0. The van der Waals surface area contributed by atoms with Crippen molar-refractivity contribution in [3.63, 3.8) is 0 Å². The summed E-state index contributed by atoms with van der Waals surface area (Å²) in [4.78, 5) is 0. The van der Waals surface area contributed by atoms with Gasteiger partial charge in [-0.25, -0.2) is 0 Å². The summed E-state index contributed by atoms with van der Waals surface area (Å²) in [6.45, 7) is 0. The second-order valence-electron chi connectivity index (χ2n) is 15.6. The molecule has 0 saturated carbocycles. The summed E-state index contributed by atoms with van der Waals surface area (Å²) >= 11 is 3.82. The zero-order valence-electron chi connectivity index (χ0n) is 31.3. The van der Waals surface area contributed by atoms with Gasteiger partial charge in [-0.15, -0.1) is 22.7 Å². The molecule has 0 aliphatic rings. The second kappa shape index (κ2) is 12.3. The Morgan fingerprint density at radius 2 is 0.776 bits per heavy atom. The summed E-state index contributed by atoms with van der Waals surface area (Å²) in [5.74, 6) is 0. The Morgan fingerprint density at radius 1 is 0.241 bits per heavy atom. The van der Waals surface area contributed by atoms with E-state index in [1.807, 2.05) is 22.7 Å². The third-order valence-corrected chi connectivity index (χ3v) is 14.7. The van der Waals surface area contributed by atoms with E-state index in [2.05, 4.69) is 194 Å². The summed E-state index contributed by atoms with van der Waals surface area (Å²) in [5, 5.41) is 18.2. The minimum atomic E-state index is 1.24. The molecule has 0 unspecified atom stereocenters. The number of benzene rings is 11. The third-order valence-electron chi connectivity index (χ3n) is 12.4. The predicted octanol–water partition coefficient (Wildman–Crippen LogP) is 17.2. The lowest BCUT2D eigenvalue weighted by Gasteiger charge is -2.19. The van der Waals surface area contributed by atoms with E-state index in [0.29, 0.717) is 0 Å². The first-order valence-electron chi connectivity index (χ1n) is 19.9. The van der Waals surface area contributed by atoms with E-state index in [1.54, 1.807) is 0 Å².